The van der Waals surface area contributed by atoms with Crippen molar-refractivity contribution < 1.29 is 49.5 Å². The number of imidazole rings is 1. The normalized spacial score (nSPS) is 10.7. The Labute approximate surface area is 164 Å². The van der Waals surface area contributed by atoms with Crippen LogP contribution in [0.4, 0.5) is 4.79 Å². The molecule has 152 valence electrons. The van der Waals surface area contributed by atoms with Gasteiger partial charge in [0.2, 0.25) is 5.82 Å². The number of hydrogen-bond acceptors (Lipinski definition) is 6. The molecule has 0 bridgehead atoms. The average molecular weight is 414 g/mol. The molecule has 12 heteroatoms. The zero-order valence-corrected chi connectivity index (χ0v) is 14.6. The van der Waals surface area contributed by atoms with Gasteiger partial charge < -0.3 is 25.5 Å². The maximum Gasteiger partial charge on any atom is 0.417 e. The van der Waals surface area contributed by atoms with Gasteiger partial charge in [0.15, 0.2) is 0 Å². The largest absolute Gasteiger partial charge is 0.478 e. The van der Waals surface area contributed by atoms with Crippen molar-refractivity contribution in [3.05, 3.63) is 53.0 Å². The Morgan fingerprint density at radius 1 is 0.767 bits per heavy atom. The molecule has 0 radical (unpaired) electrons. The Kier molecular flexibility index (Phi) is 4.68. The third-order valence-electron chi connectivity index (χ3n) is 4.25. The molecule has 0 aliphatic carbocycles. The highest BCUT2D eigenvalue weighted by Crippen LogP contribution is 2.33. The molecule has 2 aromatic carbocycles. The smallest absolute Gasteiger partial charge is 0.417 e. The van der Waals surface area contributed by atoms with Crippen LogP contribution < -0.4 is 0 Å². The fourth-order valence-corrected chi connectivity index (χ4v) is 3.06. The van der Waals surface area contributed by atoms with Crippen LogP contribution in [0.5, 0.6) is 0 Å². The third-order valence-corrected chi connectivity index (χ3v) is 4.25. The summed E-state index contributed by atoms with van der Waals surface area (Å²) in [5.41, 5.74) is -2.42. The lowest BCUT2D eigenvalue weighted by molar-refractivity contribution is 0.0652. The summed E-state index contributed by atoms with van der Waals surface area (Å²) < 4.78 is 0.277. The highest BCUT2D eigenvalue weighted by molar-refractivity contribution is 6.14. The summed E-state index contributed by atoms with van der Waals surface area (Å²) in [7, 11) is 0. The van der Waals surface area contributed by atoms with Gasteiger partial charge in [-0.25, -0.2) is 33.5 Å². The van der Waals surface area contributed by atoms with E-state index >= 15 is 0 Å². The number of hydrogen-bond donors (Lipinski definition) is 5. The van der Waals surface area contributed by atoms with Gasteiger partial charge in [0.25, 0.3) is 0 Å². The van der Waals surface area contributed by atoms with Gasteiger partial charge in [-0.05, 0) is 22.9 Å². The molecule has 1 heterocycles. The molecule has 0 spiro atoms. The minimum Gasteiger partial charge on any atom is -0.478 e. The number of aromatic nitrogens is 2. The van der Waals surface area contributed by atoms with E-state index in [0.29, 0.717) is 0 Å². The minimum absolute atomic E-state index is 0.0680. The number of nitrogens with zero attached hydrogens (tertiary/aromatic N) is 2. The predicted molar refractivity (Wildman–Crippen MR) is 96.4 cm³/mol. The van der Waals surface area contributed by atoms with Gasteiger partial charge in [0.05, 0.1) is 28.6 Å². The zero-order valence-electron chi connectivity index (χ0n) is 14.6. The van der Waals surface area contributed by atoms with Crippen LogP contribution in [0.25, 0.3) is 22.0 Å². The van der Waals surface area contributed by atoms with E-state index in [4.69, 9.17) is 5.11 Å². The van der Waals surface area contributed by atoms with Gasteiger partial charge >= 0.3 is 30.0 Å². The summed E-state index contributed by atoms with van der Waals surface area (Å²) in [6, 6.07) is 4.25. The molecule has 30 heavy (non-hydrogen) atoms. The van der Waals surface area contributed by atoms with Gasteiger partial charge in [-0.1, -0.05) is 12.1 Å². The number of fused-ring (bicyclic) bond motifs is 1. The molecule has 0 atom stereocenters. The first-order valence-electron chi connectivity index (χ1n) is 7.90. The molecule has 5 N–H and O–H groups in total. The Morgan fingerprint density at radius 2 is 1.37 bits per heavy atom. The van der Waals surface area contributed by atoms with Crippen molar-refractivity contribution in [2.75, 3.05) is 0 Å². The van der Waals surface area contributed by atoms with Gasteiger partial charge in [-0.15, -0.1) is 0 Å². The predicted octanol–water partition coefficient (Wildman–Crippen LogP) is 2.02. The van der Waals surface area contributed by atoms with Gasteiger partial charge in [-0.2, -0.15) is 0 Å². The van der Waals surface area contributed by atoms with Crippen molar-refractivity contribution in [1.82, 2.24) is 9.55 Å². The molecule has 0 fully saturated rings. The Hall–Kier alpha value is -4.74. The van der Waals surface area contributed by atoms with Crippen LogP contribution in [0.1, 0.15) is 41.7 Å². The topological polar surface area (TPSA) is 204 Å². The monoisotopic (exact) mass is 414 g/mol. The van der Waals surface area contributed by atoms with E-state index in [2.05, 4.69) is 4.98 Å². The molecule has 1 aromatic heterocycles. The van der Waals surface area contributed by atoms with Crippen LogP contribution in [0.3, 0.4) is 0 Å². The van der Waals surface area contributed by atoms with Crippen molar-refractivity contribution in [2.45, 2.75) is 0 Å². The Bertz CT molecular complexity index is 1290. The lowest BCUT2D eigenvalue weighted by atomic mass is 9.93. The summed E-state index contributed by atoms with van der Waals surface area (Å²) in [4.78, 5) is 61.1. The number of benzene rings is 2. The van der Waals surface area contributed by atoms with Crippen molar-refractivity contribution in [1.29, 1.82) is 0 Å². The second kappa shape index (κ2) is 7.01. The summed E-state index contributed by atoms with van der Waals surface area (Å²) >= 11 is 0. The first-order valence-corrected chi connectivity index (χ1v) is 7.90. The van der Waals surface area contributed by atoms with Gasteiger partial charge in [0, 0.05) is 5.56 Å². The van der Waals surface area contributed by atoms with Crippen LogP contribution in [-0.4, -0.2) is 65.1 Å². The third kappa shape index (κ3) is 3.07. The van der Waals surface area contributed by atoms with E-state index in [1.807, 2.05) is 0 Å². The molecule has 0 saturated carbocycles. The summed E-state index contributed by atoms with van der Waals surface area (Å²) in [5, 5.41) is 46.6. The van der Waals surface area contributed by atoms with Gasteiger partial charge in [0.1, 0.15) is 0 Å². The Morgan fingerprint density at radius 3 is 1.87 bits per heavy atom. The fourth-order valence-electron chi connectivity index (χ4n) is 3.06. The van der Waals surface area contributed by atoms with E-state index in [9.17, 15) is 44.4 Å². The van der Waals surface area contributed by atoms with Crippen LogP contribution in [-0.2, 0) is 0 Å². The second-order valence-corrected chi connectivity index (χ2v) is 5.91. The Balaban J connectivity index is 2.45. The van der Waals surface area contributed by atoms with E-state index in [-0.39, 0.29) is 26.6 Å². The maximum atomic E-state index is 12.0. The van der Waals surface area contributed by atoms with Crippen LogP contribution in [0, 0.1) is 0 Å². The average Bonchev–Trinajstić information content (AvgIpc) is 3.11. The first-order chi connectivity index (χ1) is 14.0. The van der Waals surface area contributed by atoms with Gasteiger partial charge in [-0.3, -0.25) is 0 Å². The van der Waals surface area contributed by atoms with E-state index in [0.717, 1.165) is 24.4 Å². The quantitative estimate of drug-likeness (QED) is 0.408. The van der Waals surface area contributed by atoms with Crippen molar-refractivity contribution in [2.24, 2.45) is 0 Å². The van der Waals surface area contributed by atoms with Crippen molar-refractivity contribution in [3.63, 3.8) is 0 Å². The van der Waals surface area contributed by atoms with Crippen molar-refractivity contribution >= 4 is 40.7 Å². The maximum absolute atomic E-state index is 12.0. The molecule has 3 rings (SSSR count). The minimum atomic E-state index is -1.73. The number of rotatable bonds is 5. The number of carboxylic acid groups (broad SMARTS) is 5. The second-order valence-electron chi connectivity index (χ2n) is 5.91. The molecule has 0 aliphatic rings. The molecule has 12 nitrogen and oxygen atoms in total. The van der Waals surface area contributed by atoms with Crippen LogP contribution >= 0.6 is 0 Å². The molecule has 0 unspecified atom stereocenters. The molecule has 0 amide bonds. The summed E-state index contributed by atoms with van der Waals surface area (Å²) in [6.07, 6.45) is -0.877. The zero-order chi connectivity index (χ0) is 22.3. The molecular formula is C18H10N2O10. The standard InChI is InChI=1S/C18H10N2O10/c21-14(22)9-3-6-1-2-7(11-5-19-13(17(27)28)20(11)18(29)30)12(16(25)26)8(6)4-10(9)15(23)24/h1-5H,(H,21,22)(H,23,24)(H,25,26)(H,27,28)(H,29,30). The summed E-state index contributed by atoms with van der Waals surface area (Å²) in [5.74, 6) is -7.27. The SMILES string of the molecule is O=C(O)c1cc2ccc(-c3cnc(C(=O)O)n3C(=O)O)c(C(=O)O)c2cc1C(=O)O. The fraction of sp³-hybridized carbons (Fsp3) is 0. The van der Waals surface area contributed by atoms with E-state index < -0.39 is 52.5 Å². The molecule has 3 aromatic rings. The molecular weight excluding hydrogens is 404 g/mol. The lowest BCUT2D eigenvalue weighted by Crippen LogP contribution is -2.18. The first kappa shape index (κ1) is 20.0. The number of carbonyl (C=O) groups is 5. The van der Waals surface area contributed by atoms with E-state index in [1.165, 1.54) is 6.07 Å². The lowest BCUT2D eigenvalue weighted by Gasteiger charge is -2.13. The highest BCUT2D eigenvalue weighted by Gasteiger charge is 2.27. The van der Waals surface area contributed by atoms with Crippen LogP contribution in [0.15, 0.2) is 30.5 Å². The summed E-state index contributed by atoms with van der Waals surface area (Å²) in [6.45, 7) is 0. The molecule has 0 aliphatic heterocycles. The van der Waals surface area contributed by atoms with Crippen LogP contribution in [0.2, 0.25) is 0 Å². The number of carboxylic acids is 4. The highest BCUT2D eigenvalue weighted by atomic mass is 16.4. The van der Waals surface area contributed by atoms with E-state index in [1.54, 1.807) is 0 Å². The molecule has 0 saturated heterocycles. The number of aromatic carboxylic acids is 4. The van der Waals surface area contributed by atoms with Crippen molar-refractivity contribution in [3.8, 4) is 11.3 Å².